The van der Waals surface area contributed by atoms with Crippen LogP contribution >= 0.6 is 15.9 Å². The summed E-state index contributed by atoms with van der Waals surface area (Å²) in [5, 5.41) is 2.60. The molecule has 0 aliphatic heterocycles. The number of hydrogen-bond donors (Lipinski definition) is 1. The first-order valence-corrected chi connectivity index (χ1v) is 6.09. The van der Waals surface area contributed by atoms with E-state index in [1.165, 1.54) is 4.90 Å². The molecule has 17 heavy (non-hydrogen) atoms. The fourth-order valence-electron chi connectivity index (χ4n) is 1.33. The van der Waals surface area contributed by atoms with Crippen molar-refractivity contribution >= 4 is 27.7 Å². The summed E-state index contributed by atoms with van der Waals surface area (Å²) in [4.78, 5) is 24.6. The van der Waals surface area contributed by atoms with Crippen LogP contribution in [0.25, 0.3) is 0 Å². The number of hydrogen-bond acceptors (Lipinski definition) is 2. The number of aryl methyl sites for hydroxylation is 1. The Morgan fingerprint density at radius 2 is 2.12 bits per heavy atom. The Bertz CT molecular complexity index is 426. The van der Waals surface area contributed by atoms with Crippen LogP contribution in [0.15, 0.2) is 16.7 Å². The zero-order valence-electron chi connectivity index (χ0n) is 10.2. The average Bonchev–Trinajstić information content (AvgIpc) is 2.66. The molecule has 0 saturated carbocycles. The molecular formula is C11H16BrN3O2. The number of likely N-dealkylation sites (N-methyl/N-ethyl adjacent to an activating group) is 1. The van der Waals surface area contributed by atoms with Crippen molar-refractivity contribution < 1.29 is 9.59 Å². The van der Waals surface area contributed by atoms with Gasteiger partial charge in [0.15, 0.2) is 0 Å². The molecule has 0 aliphatic rings. The van der Waals surface area contributed by atoms with Gasteiger partial charge in [0.1, 0.15) is 5.69 Å². The maximum Gasteiger partial charge on any atom is 0.268 e. The third kappa shape index (κ3) is 3.59. The van der Waals surface area contributed by atoms with Crippen molar-refractivity contribution in [1.82, 2.24) is 14.8 Å². The summed E-state index contributed by atoms with van der Waals surface area (Å²) in [5.74, 6) is -0.375. The summed E-state index contributed by atoms with van der Waals surface area (Å²) in [6, 6.07) is 1.74. The molecule has 0 unspecified atom stereocenters. The maximum absolute atomic E-state index is 11.8. The highest BCUT2D eigenvalue weighted by molar-refractivity contribution is 9.10. The molecule has 1 aromatic heterocycles. The van der Waals surface area contributed by atoms with Gasteiger partial charge in [-0.15, -0.1) is 0 Å². The van der Waals surface area contributed by atoms with E-state index in [4.69, 9.17) is 0 Å². The highest BCUT2D eigenvalue weighted by Gasteiger charge is 2.13. The molecule has 0 aliphatic carbocycles. The lowest BCUT2D eigenvalue weighted by atomic mass is 10.4. The molecule has 2 amide bonds. The van der Waals surface area contributed by atoms with Crippen LogP contribution in [0.3, 0.4) is 0 Å². The van der Waals surface area contributed by atoms with E-state index in [0.29, 0.717) is 12.2 Å². The van der Waals surface area contributed by atoms with E-state index in [1.807, 2.05) is 17.7 Å². The zero-order valence-corrected chi connectivity index (χ0v) is 11.7. The number of halogens is 1. The Balaban J connectivity index is 2.67. The van der Waals surface area contributed by atoms with Crippen LogP contribution in [-0.4, -0.2) is 41.9 Å². The molecule has 1 N–H and O–H groups in total. The summed E-state index contributed by atoms with van der Waals surface area (Å²) in [5.41, 5.74) is 0.547. The van der Waals surface area contributed by atoms with Crippen LogP contribution in [-0.2, 0) is 11.3 Å². The molecule has 6 heteroatoms. The van der Waals surface area contributed by atoms with Gasteiger partial charge in [0.25, 0.3) is 5.91 Å². The van der Waals surface area contributed by atoms with Gasteiger partial charge in [-0.1, -0.05) is 0 Å². The summed E-state index contributed by atoms with van der Waals surface area (Å²) >= 11 is 3.32. The monoisotopic (exact) mass is 301 g/mol. The highest BCUT2D eigenvalue weighted by Crippen LogP contribution is 2.14. The topological polar surface area (TPSA) is 54.3 Å². The third-order valence-electron chi connectivity index (χ3n) is 2.34. The Morgan fingerprint density at radius 3 is 2.65 bits per heavy atom. The van der Waals surface area contributed by atoms with Crippen molar-refractivity contribution in [2.75, 3.05) is 20.6 Å². The van der Waals surface area contributed by atoms with E-state index in [1.54, 1.807) is 20.2 Å². The fourth-order valence-corrected chi connectivity index (χ4v) is 1.80. The predicted molar refractivity (Wildman–Crippen MR) is 68.8 cm³/mol. The van der Waals surface area contributed by atoms with Gasteiger partial charge < -0.3 is 14.8 Å². The smallest absolute Gasteiger partial charge is 0.268 e. The number of rotatable bonds is 4. The molecule has 5 nitrogen and oxygen atoms in total. The van der Waals surface area contributed by atoms with Crippen LogP contribution in [0.4, 0.5) is 0 Å². The van der Waals surface area contributed by atoms with E-state index in [2.05, 4.69) is 21.2 Å². The van der Waals surface area contributed by atoms with Gasteiger partial charge in [0.2, 0.25) is 5.91 Å². The fraction of sp³-hybridized carbons (Fsp3) is 0.455. The Kier molecular flexibility index (Phi) is 4.74. The number of nitrogens with one attached hydrogen (secondary N) is 1. The van der Waals surface area contributed by atoms with Gasteiger partial charge in [0, 0.05) is 31.3 Å². The predicted octanol–water partition coefficient (Wildman–Crippen LogP) is 1.09. The van der Waals surface area contributed by atoms with Gasteiger partial charge in [-0.2, -0.15) is 0 Å². The summed E-state index contributed by atoms with van der Waals surface area (Å²) in [6.07, 6.45) is 1.84. The normalized spacial score (nSPS) is 10.1. The lowest BCUT2D eigenvalue weighted by Gasteiger charge is -2.11. The molecule has 0 bridgehead atoms. The van der Waals surface area contributed by atoms with E-state index in [0.717, 1.165) is 4.47 Å². The van der Waals surface area contributed by atoms with Gasteiger partial charge >= 0.3 is 0 Å². The van der Waals surface area contributed by atoms with Crippen molar-refractivity contribution in [3.63, 3.8) is 0 Å². The Morgan fingerprint density at radius 1 is 1.47 bits per heavy atom. The molecule has 0 aromatic carbocycles. The van der Waals surface area contributed by atoms with Crippen molar-refractivity contribution in [3.05, 3.63) is 22.4 Å². The molecular weight excluding hydrogens is 286 g/mol. The first-order valence-electron chi connectivity index (χ1n) is 5.29. The van der Waals surface area contributed by atoms with Gasteiger partial charge in [-0.3, -0.25) is 9.59 Å². The summed E-state index contributed by atoms with van der Waals surface area (Å²) < 4.78 is 2.67. The van der Waals surface area contributed by atoms with Gasteiger partial charge in [-0.25, -0.2) is 0 Å². The molecule has 1 rings (SSSR count). The number of carbonyl (C=O) groups excluding carboxylic acids is 2. The van der Waals surface area contributed by atoms with Gasteiger partial charge in [0.05, 0.1) is 6.54 Å². The Hall–Kier alpha value is -1.30. The van der Waals surface area contributed by atoms with E-state index in [9.17, 15) is 9.59 Å². The molecule has 0 radical (unpaired) electrons. The lowest BCUT2D eigenvalue weighted by Crippen LogP contribution is -2.36. The van der Waals surface area contributed by atoms with Crippen molar-refractivity contribution in [2.45, 2.75) is 13.5 Å². The largest absolute Gasteiger partial charge is 0.347 e. The first kappa shape index (κ1) is 13.8. The summed E-state index contributed by atoms with van der Waals surface area (Å²) in [6.45, 7) is 2.67. The minimum absolute atomic E-state index is 0.0122. The molecule has 0 fully saturated rings. The highest BCUT2D eigenvalue weighted by atomic mass is 79.9. The maximum atomic E-state index is 11.8. The number of nitrogens with zero attached hydrogens (tertiary/aromatic N) is 2. The number of aromatic nitrogens is 1. The van der Waals surface area contributed by atoms with Crippen LogP contribution < -0.4 is 5.32 Å². The second kappa shape index (κ2) is 5.86. The van der Waals surface area contributed by atoms with E-state index >= 15 is 0 Å². The van der Waals surface area contributed by atoms with Crippen LogP contribution in [0, 0.1) is 0 Å². The molecule has 0 spiro atoms. The minimum Gasteiger partial charge on any atom is -0.347 e. The minimum atomic E-state index is -0.243. The van der Waals surface area contributed by atoms with Crippen molar-refractivity contribution in [3.8, 4) is 0 Å². The summed E-state index contributed by atoms with van der Waals surface area (Å²) in [7, 11) is 3.31. The number of carbonyl (C=O) groups is 2. The zero-order chi connectivity index (χ0) is 13.0. The standard InChI is InChI=1S/C11H16BrN3O2/c1-4-15-7-8(12)5-9(15)11(17)13-6-10(16)14(2)3/h5,7H,4,6H2,1-3H3,(H,13,17). The molecule has 1 heterocycles. The first-order chi connectivity index (χ1) is 7.95. The van der Waals surface area contributed by atoms with Crippen LogP contribution in [0.1, 0.15) is 17.4 Å². The van der Waals surface area contributed by atoms with Crippen molar-refractivity contribution in [2.24, 2.45) is 0 Å². The van der Waals surface area contributed by atoms with Crippen LogP contribution in [0.2, 0.25) is 0 Å². The molecule has 0 saturated heterocycles. The van der Waals surface area contributed by atoms with Crippen molar-refractivity contribution in [1.29, 1.82) is 0 Å². The van der Waals surface area contributed by atoms with E-state index < -0.39 is 0 Å². The van der Waals surface area contributed by atoms with E-state index in [-0.39, 0.29) is 18.4 Å². The third-order valence-corrected chi connectivity index (χ3v) is 2.77. The quantitative estimate of drug-likeness (QED) is 0.905. The molecule has 94 valence electrons. The Labute approximate surface area is 109 Å². The lowest BCUT2D eigenvalue weighted by molar-refractivity contribution is -0.127. The average molecular weight is 302 g/mol. The van der Waals surface area contributed by atoms with Crippen LogP contribution in [0.5, 0.6) is 0 Å². The second-order valence-corrected chi connectivity index (χ2v) is 4.72. The molecule has 0 atom stereocenters. The number of amides is 2. The van der Waals surface area contributed by atoms with Gasteiger partial charge in [-0.05, 0) is 28.9 Å². The molecule has 1 aromatic rings. The SMILES string of the molecule is CCn1cc(Br)cc1C(=O)NCC(=O)N(C)C. The second-order valence-electron chi connectivity index (χ2n) is 3.80.